The molecule has 1 N–H and O–H groups in total. The molecule has 2 rings (SSSR count). The van der Waals surface area contributed by atoms with E-state index in [1.165, 1.54) is 12.8 Å². The molecular formula is C13H21NO2S. The molecule has 0 amide bonds. The Labute approximate surface area is 106 Å². The number of furan rings is 1. The van der Waals surface area contributed by atoms with Crippen molar-refractivity contribution in [2.75, 3.05) is 0 Å². The second-order valence-electron chi connectivity index (χ2n) is 5.74. The van der Waals surface area contributed by atoms with Crippen LogP contribution >= 0.6 is 0 Å². The summed E-state index contributed by atoms with van der Waals surface area (Å²) in [6.45, 7) is 7.86. The van der Waals surface area contributed by atoms with E-state index in [-0.39, 0.29) is 10.8 Å². The third-order valence-electron chi connectivity index (χ3n) is 2.89. The fraction of sp³-hybridized carbons (Fsp3) is 0.692. The molecule has 0 saturated heterocycles. The summed E-state index contributed by atoms with van der Waals surface area (Å²) in [7, 11) is -1.06. The van der Waals surface area contributed by atoms with Crippen LogP contribution < -0.4 is 4.72 Å². The van der Waals surface area contributed by atoms with Gasteiger partial charge in [0.15, 0.2) is 0 Å². The zero-order chi connectivity index (χ0) is 12.6. The average Bonchev–Trinajstić information content (AvgIpc) is 2.95. The van der Waals surface area contributed by atoms with E-state index in [0.717, 1.165) is 11.5 Å². The Morgan fingerprint density at radius 3 is 2.59 bits per heavy atom. The summed E-state index contributed by atoms with van der Waals surface area (Å²) >= 11 is 0. The summed E-state index contributed by atoms with van der Waals surface area (Å²) in [6.07, 6.45) is 2.48. The first kappa shape index (κ1) is 12.8. The summed E-state index contributed by atoms with van der Waals surface area (Å²) in [6, 6.07) is 4.03. The Kier molecular flexibility index (Phi) is 3.46. The molecule has 0 aromatic carbocycles. The Bertz CT molecular complexity index is 415. The maximum atomic E-state index is 12.0. The molecule has 0 radical (unpaired) electrons. The molecule has 1 saturated carbocycles. The van der Waals surface area contributed by atoms with Crippen molar-refractivity contribution in [1.29, 1.82) is 0 Å². The third-order valence-corrected chi connectivity index (χ3v) is 4.57. The summed E-state index contributed by atoms with van der Waals surface area (Å²) in [4.78, 5) is 0. The highest BCUT2D eigenvalue weighted by Crippen LogP contribution is 2.41. The fourth-order valence-corrected chi connectivity index (χ4v) is 2.37. The van der Waals surface area contributed by atoms with Crippen molar-refractivity contribution < 1.29 is 8.63 Å². The van der Waals surface area contributed by atoms with E-state index >= 15 is 0 Å². The molecule has 4 heteroatoms. The van der Waals surface area contributed by atoms with Gasteiger partial charge in [-0.3, -0.25) is 0 Å². The lowest BCUT2D eigenvalue weighted by Crippen LogP contribution is -2.34. The van der Waals surface area contributed by atoms with Gasteiger partial charge in [0.2, 0.25) is 0 Å². The van der Waals surface area contributed by atoms with E-state index in [1.807, 2.05) is 39.8 Å². The monoisotopic (exact) mass is 255 g/mol. The fourth-order valence-electron chi connectivity index (χ4n) is 1.58. The van der Waals surface area contributed by atoms with E-state index in [2.05, 4.69) is 4.72 Å². The van der Waals surface area contributed by atoms with Crippen molar-refractivity contribution in [3.05, 3.63) is 23.7 Å². The van der Waals surface area contributed by atoms with Crippen LogP contribution in [-0.2, 0) is 11.0 Å². The van der Waals surface area contributed by atoms with Gasteiger partial charge in [0.05, 0.1) is 21.8 Å². The van der Waals surface area contributed by atoms with Crippen LogP contribution in [0.5, 0.6) is 0 Å². The zero-order valence-corrected chi connectivity index (χ0v) is 11.8. The number of hydrogen-bond acceptors (Lipinski definition) is 2. The number of hydrogen-bond donors (Lipinski definition) is 1. The van der Waals surface area contributed by atoms with Crippen LogP contribution in [0.15, 0.2) is 16.5 Å². The van der Waals surface area contributed by atoms with Crippen LogP contribution in [-0.4, -0.2) is 8.96 Å². The molecule has 1 fully saturated rings. The van der Waals surface area contributed by atoms with Crippen molar-refractivity contribution in [3.63, 3.8) is 0 Å². The highest BCUT2D eigenvalue weighted by Gasteiger charge is 2.28. The lowest BCUT2D eigenvalue weighted by atomic mass is 10.3. The summed E-state index contributed by atoms with van der Waals surface area (Å²) in [5.74, 6) is 2.59. The molecule has 1 aromatic rings. The van der Waals surface area contributed by atoms with E-state index < -0.39 is 11.0 Å². The van der Waals surface area contributed by atoms with Gasteiger partial charge in [-0.15, -0.1) is 0 Å². The summed E-state index contributed by atoms with van der Waals surface area (Å²) < 4.78 is 20.6. The predicted molar refractivity (Wildman–Crippen MR) is 70.1 cm³/mol. The van der Waals surface area contributed by atoms with Gasteiger partial charge >= 0.3 is 0 Å². The van der Waals surface area contributed by atoms with Crippen LogP contribution in [0.2, 0.25) is 0 Å². The first-order valence-electron chi connectivity index (χ1n) is 6.15. The molecule has 0 spiro atoms. The van der Waals surface area contributed by atoms with Crippen LogP contribution in [0.25, 0.3) is 0 Å². The average molecular weight is 255 g/mol. The van der Waals surface area contributed by atoms with Gasteiger partial charge in [0.25, 0.3) is 0 Å². The molecule has 0 aliphatic heterocycles. The van der Waals surface area contributed by atoms with Gasteiger partial charge in [-0.1, -0.05) is 0 Å². The van der Waals surface area contributed by atoms with Crippen LogP contribution in [0.4, 0.5) is 0 Å². The molecule has 1 aliphatic rings. The maximum Gasteiger partial charge on any atom is 0.121 e. The van der Waals surface area contributed by atoms with Gasteiger partial charge in [-0.05, 0) is 52.7 Å². The smallest absolute Gasteiger partial charge is 0.121 e. The number of nitrogens with one attached hydrogen (secondary N) is 1. The third kappa shape index (κ3) is 3.19. The second kappa shape index (κ2) is 4.58. The Morgan fingerprint density at radius 2 is 2.06 bits per heavy atom. The van der Waals surface area contributed by atoms with Gasteiger partial charge in [-0.2, -0.15) is 0 Å². The lowest BCUT2D eigenvalue weighted by molar-refractivity contribution is 0.432. The van der Waals surface area contributed by atoms with Crippen molar-refractivity contribution in [2.45, 2.75) is 57.2 Å². The van der Waals surface area contributed by atoms with Crippen molar-refractivity contribution in [2.24, 2.45) is 0 Å². The molecule has 1 aliphatic carbocycles. The van der Waals surface area contributed by atoms with Gasteiger partial charge < -0.3 is 4.42 Å². The standard InChI is InChI=1S/C13H21NO2S/c1-9(14-17(15)13(2,3)4)11-7-8-12(16-11)10-5-6-10/h7-10,14H,5-6H2,1-4H3/t9-,17?/m1/s1. The van der Waals surface area contributed by atoms with E-state index in [4.69, 9.17) is 4.42 Å². The first-order chi connectivity index (χ1) is 7.88. The maximum absolute atomic E-state index is 12.0. The van der Waals surface area contributed by atoms with Crippen LogP contribution in [0.3, 0.4) is 0 Å². The summed E-state index contributed by atoms with van der Waals surface area (Å²) in [5, 5.41) is 0. The largest absolute Gasteiger partial charge is 0.464 e. The molecule has 1 aromatic heterocycles. The van der Waals surface area contributed by atoms with Crippen molar-refractivity contribution in [1.82, 2.24) is 4.72 Å². The topological polar surface area (TPSA) is 42.2 Å². The normalized spacial score (nSPS) is 20.2. The Balaban J connectivity index is 1.98. The van der Waals surface area contributed by atoms with Gasteiger partial charge in [-0.25, -0.2) is 8.93 Å². The minimum absolute atomic E-state index is 0.0115. The van der Waals surface area contributed by atoms with Crippen LogP contribution in [0.1, 0.15) is 64.0 Å². The molecule has 17 heavy (non-hydrogen) atoms. The SMILES string of the molecule is C[C@@H](NS(=O)C(C)(C)C)c1ccc(C2CC2)o1. The molecular weight excluding hydrogens is 234 g/mol. The molecule has 2 atom stereocenters. The second-order valence-corrected chi connectivity index (χ2v) is 7.73. The minimum Gasteiger partial charge on any atom is -0.464 e. The molecule has 96 valence electrons. The summed E-state index contributed by atoms with van der Waals surface area (Å²) in [5.41, 5.74) is 0. The van der Waals surface area contributed by atoms with Gasteiger partial charge in [0.1, 0.15) is 11.5 Å². The quantitative estimate of drug-likeness (QED) is 0.897. The van der Waals surface area contributed by atoms with Gasteiger partial charge in [0, 0.05) is 5.92 Å². The highest BCUT2D eigenvalue weighted by molar-refractivity contribution is 7.84. The van der Waals surface area contributed by atoms with Crippen LogP contribution in [0, 0.1) is 0 Å². The molecule has 3 nitrogen and oxygen atoms in total. The molecule has 1 heterocycles. The highest BCUT2D eigenvalue weighted by atomic mass is 32.2. The predicted octanol–water partition coefficient (Wildman–Crippen LogP) is 3.27. The van der Waals surface area contributed by atoms with E-state index in [9.17, 15) is 4.21 Å². The van der Waals surface area contributed by atoms with E-state index in [0.29, 0.717) is 5.92 Å². The van der Waals surface area contributed by atoms with Crippen molar-refractivity contribution in [3.8, 4) is 0 Å². The minimum atomic E-state index is -1.06. The molecule has 0 bridgehead atoms. The molecule has 1 unspecified atom stereocenters. The van der Waals surface area contributed by atoms with Crippen molar-refractivity contribution >= 4 is 11.0 Å². The Hall–Kier alpha value is -0.610. The zero-order valence-electron chi connectivity index (χ0n) is 10.9. The lowest BCUT2D eigenvalue weighted by Gasteiger charge is -2.20. The Morgan fingerprint density at radius 1 is 1.41 bits per heavy atom. The number of rotatable bonds is 4. The first-order valence-corrected chi connectivity index (χ1v) is 7.30. The van der Waals surface area contributed by atoms with E-state index in [1.54, 1.807) is 0 Å².